The van der Waals surface area contributed by atoms with Crippen molar-refractivity contribution in [3.05, 3.63) is 53.6 Å². The average molecular weight is 495 g/mol. The number of benzene rings is 2. The van der Waals surface area contributed by atoms with Gasteiger partial charge < -0.3 is 19.7 Å². The number of carbonyl (C=O) groups excluding carboxylic acids is 1. The molecule has 4 rings (SSSR count). The summed E-state index contributed by atoms with van der Waals surface area (Å²) in [5, 5.41) is 4.33. The first-order chi connectivity index (χ1) is 17.1. The van der Waals surface area contributed by atoms with E-state index in [2.05, 4.69) is 39.4 Å². The molecule has 1 saturated heterocycles. The van der Waals surface area contributed by atoms with Gasteiger partial charge in [0.1, 0.15) is 5.82 Å². The molecule has 2 heterocycles. The SMILES string of the molecule is CC=C(CC)C(=O)Nc1cc(OC)c(OC)cc1CCN1CCN(c2nsc3ccccc23)CC1. The molecule has 0 atom stereocenters. The molecule has 2 aromatic carbocycles. The summed E-state index contributed by atoms with van der Waals surface area (Å²) in [5.41, 5.74) is 2.57. The topological polar surface area (TPSA) is 66.9 Å². The average Bonchev–Trinajstić information content (AvgIpc) is 3.33. The van der Waals surface area contributed by atoms with Crippen molar-refractivity contribution in [2.24, 2.45) is 0 Å². The summed E-state index contributed by atoms with van der Waals surface area (Å²) in [6, 6.07) is 12.3. The predicted molar refractivity (Wildman–Crippen MR) is 144 cm³/mol. The van der Waals surface area contributed by atoms with Gasteiger partial charge in [-0.05, 0) is 55.1 Å². The molecule has 186 valence electrons. The zero-order valence-corrected chi connectivity index (χ0v) is 21.8. The molecule has 1 N–H and O–H groups in total. The number of methoxy groups -OCH3 is 2. The van der Waals surface area contributed by atoms with Gasteiger partial charge in [0.2, 0.25) is 0 Å². The maximum absolute atomic E-state index is 12.8. The predicted octanol–water partition coefficient (Wildman–Crippen LogP) is 4.97. The zero-order valence-electron chi connectivity index (χ0n) is 21.0. The van der Waals surface area contributed by atoms with Crippen LogP contribution in [0.15, 0.2) is 48.0 Å². The number of hydrogen-bond donors (Lipinski definition) is 1. The molecule has 1 aliphatic heterocycles. The number of fused-ring (bicyclic) bond motifs is 1. The van der Waals surface area contributed by atoms with E-state index in [1.807, 2.05) is 32.1 Å². The van der Waals surface area contributed by atoms with Crippen molar-refractivity contribution in [3.63, 3.8) is 0 Å². The summed E-state index contributed by atoms with van der Waals surface area (Å²) in [4.78, 5) is 17.6. The van der Waals surface area contributed by atoms with E-state index in [-0.39, 0.29) is 5.91 Å². The minimum atomic E-state index is -0.0763. The Kier molecular flexibility index (Phi) is 8.25. The molecule has 0 spiro atoms. The van der Waals surface area contributed by atoms with Gasteiger partial charge in [-0.25, -0.2) is 0 Å². The van der Waals surface area contributed by atoms with Crippen LogP contribution in [0.1, 0.15) is 25.8 Å². The first-order valence-corrected chi connectivity index (χ1v) is 12.9. The maximum atomic E-state index is 12.8. The smallest absolute Gasteiger partial charge is 0.251 e. The highest BCUT2D eigenvalue weighted by Crippen LogP contribution is 2.34. The summed E-state index contributed by atoms with van der Waals surface area (Å²) in [5.74, 6) is 2.30. The Morgan fingerprint density at radius 2 is 1.83 bits per heavy atom. The molecule has 1 aromatic heterocycles. The third-order valence-corrected chi connectivity index (χ3v) is 7.42. The first-order valence-electron chi connectivity index (χ1n) is 12.1. The monoisotopic (exact) mass is 494 g/mol. The Balaban J connectivity index is 1.43. The normalized spacial score (nSPS) is 14.9. The minimum Gasteiger partial charge on any atom is -0.493 e. The van der Waals surface area contributed by atoms with Crippen molar-refractivity contribution in [1.29, 1.82) is 0 Å². The molecule has 8 heteroatoms. The van der Waals surface area contributed by atoms with Crippen LogP contribution in [0.5, 0.6) is 11.5 Å². The summed E-state index contributed by atoms with van der Waals surface area (Å²) in [6.45, 7) is 8.61. The van der Waals surface area contributed by atoms with Gasteiger partial charge in [0.15, 0.2) is 11.5 Å². The summed E-state index contributed by atoms with van der Waals surface area (Å²) in [7, 11) is 3.24. The van der Waals surface area contributed by atoms with Gasteiger partial charge in [-0.2, -0.15) is 4.37 Å². The Morgan fingerprint density at radius 1 is 1.11 bits per heavy atom. The highest BCUT2D eigenvalue weighted by molar-refractivity contribution is 7.13. The van der Waals surface area contributed by atoms with Crippen LogP contribution in [0.3, 0.4) is 0 Å². The van der Waals surface area contributed by atoms with Crippen molar-refractivity contribution in [2.45, 2.75) is 26.7 Å². The number of amides is 1. The van der Waals surface area contributed by atoms with Crippen LogP contribution in [-0.4, -0.2) is 62.1 Å². The maximum Gasteiger partial charge on any atom is 0.251 e. The second-order valence-corrected chi connectivity index (χ2v) is 9.37. The first kappa shape index (κ1) is 25.0. The van der Waals surface area contributed by atoms with Gasteiger partial charge in [0.05, 0.1) is 18.9 Å². The van der Waals surface area contributed by atoms with Crippen molar-refractivity contribution in [3.8, 4) is 11.5 Å². The van der Waals surface area contributed by atoms with E-state index in [1.54, 1.807) is 25.8 Å². The third-order valence-electron chi connectivity index (χ3n) is 6.61. The molecule has 35 heavy (non-hydrogen) atoms. The van der Waals surface area contributed by atoms with Crippen molar-refractivity contribution >= 4 is 39.0 Å². The molecule has 0 unspecified atom stereocenters. The molecule has 1 amide bonds. The van der Waals surface area contributed by atoms with E-state index in [0.717, 1.165) is 61.8 Å². The molecule has 7 nitrogen and oxygen atoms in total. The minimum absolute atomic E-state index is 0.0763. The fraction of sp³-hybridized carbons (Fsp3) is 0.407. The van der Waals surface area contributed by atoms with Gasteiger partial charge >= 0.3 is 0 Å². The Morgan fingerprint density at radius 3 is 2.51 bits per heavy atom. The number of rotatable bonds is 9. The molecule has 1 aliphatic rings. The number of nitrogens with zero attached hydrogens (tertiary/aromatic N) is 3. The van der Waals surface area contributed by atoms with Crippen LogP contribution in [0, 0.1) is 0 Å². The largest absolute Gasteiger partial charge is 0.493 e. The highest BCUT2D eigenvalue weighted by Gasteiger charge is 2.21. The number of piperazine rings is 1. The molecule has 3 aromatic rings. The van der Waals surface area contributed by atoms with Crippen LogP contribution in [0.4, 0.5) is 11.5 Å². The van der Waals surface area contributed by atoms with Gasteiger partial charge in [0.25, 0.3) is 5.91 Å². The summed E-state index contributed by atoms with van der Waals surface area (Å²) < 4.78 is 17.0. The molecular formula is C27H34N4O3S. The quantitative estimate of drug-likeness (QED) is 0.424. The molecule has 1 fully saturated rings. The number of nitrogens with one attached hydrogen (secondary N) is 1. The van der Waals surface area contributed by atoms with Gasteiger partial charge in [0, 0.05) is 55.4 Å². The Labute approximate surface area is 211 Å². The van der Waals surface area contributed by atoms with E-state index in [4.69, 9.17) is 13.8 Å². The van der Waals surface area contributed by atoms with Crippen LogP contribution >= 0.6 is 11.5 Å². The Bertz CT molecular complexity index is 1200. The molecule has 0 radical (unpaired) electrons. The number of hydrogen-bond acceptors (Lipinski definition) is 7. The fourth-order valence-electron chi connectivity index (χ4n) is 4.51. The van der Waals surface area contributed by atoms with Crippen molar-refractivity contribution in [1.82, 2.24) is 9.27 Å². The standard InChI is InChI=1S/C27H34N4O3S/c1-5-19(6-2)27(32)28-22-18-24(34-4)23(33-3)17-20(22)11-12-30-13-15-31(16-14-30)26-21-9-7-8-10-25(21)35-29-26/h5,7-10,17-18H,6,11-16H2,1-4H3,(H,28,32). The summed E-state index contributed by atoms with van der Waals surface area (Å²) in [6.07, 6.45) is 3.34. The fourth-order valence-corrected chi connectivity index (χ4v) is 5.30. The van der Waals surface area contributed by atoms with Gasteiger partial charge in [-0.1, -0.05) is 25.1 Å². The number of carbonyl (C=O) groups is 1. The van der Waals surface area contributed by atoms with Crippen LogP contribution in [0.25, 0.3) is 10.1 Å². The zero-order chi connectivity index (χ0) is 24.8. The molecular weight excluding hydrogens is 460 g/mol. The van der Waals surface area contributed by atoms with E-state index >= 15 is 0 Å². The lowest BCUT2D eigenvalue weighted by Crippen LogP contribution is -2.47. The van der Waals surface area contributed by atoms with Gasteiger partial charge in [-0.15, -0.1) is 0 Å². The van der Waals surface area contributed by atoms with Crippen molar-refractivity contribution < 1.29 is 14.3 Å². The number of ether oxygens (including phenoxy) is 2. The van der Waals surface area contributed by atoms with E-state index < -0.39 is 0 Å². The molecule has 0 aliphatic carbocycles. The summed E-state index contributed by atoms with van der Waals surface area (Å²) >= 11 is 1.57. The van der Waals surface area contributed by atoms with Crippen molar-refractivity contribution in [2.75, 3.05) is 57.2 Å². The third kappa shape index (κ3) is 5.60. The van der Waals surface area contributed by atoms with Gasteiger partial charge in [-0.3, -0.25) is 9.69 Å². The molecule has 0 bridgehead atoms. The lowest BCUT2D eigenvalue weighted by Gasteiger charge is -2.35. The Hall–Kier alpha value is -3.10. The van der Waals surface area contributed by atoms with E-state index in [1.165, 1.54) is 10.1 Å². The highest BCUT2D eigenvalue weighted by atomic mass is 32.1. The second-order valence-electron chi connectivity index (χ2n) is 8.57. The number of allylic oxidation sites excluding steroid dienone is 1. The molecule has 0 saturated carbocycles. The van der Waals surface area contributed by atoms with Crippen LogP contribution in [-0.2, 0) is 11.2 Å². The van der Waals surface area contributed by atoms with E-state index in [9.17, 15) is 4.79 Å². The number of aromatic nitrogens is 1. The lowest BCUT2D eigenvalue weighted by atomic mass is 10.1. The van der Waals surface area contributed by atoms with E-state index in [0.29, 0.717) is 17.9 Å². The lowest BCUT2D eigenvalue weighted by molar-refractivity contribution is -0.113. The van der Waals surface area contributed by atoms with Crippen LogP contribution < -0.4 is 19.7 Å². The number of anilines is 2. The van der Waals surface area contributed by atoms with Crippen LogP contribution in [0.2, 0.25) is 0 Å². The second kappa shape index (κ2) is 11.6.